The van der Waals surface area contributed by atoms with Crippen molar-refractivity contribution in [3.05, 3.63) is 70.2 Å². The molecule has 0 aliphatic heterocycles. The maximum Gasteiger partial charge on any atom is 0.232 e. The topological polar surface area (TPSA) is 56.3 Å². The van der Waals surface area contributed by atoms with Crippen molar-refractivity contribution < 1.29 is 14.3 Å². The summed E-state index contributed by atoms with van der Waals surface area (Å²) in [6, 6.07) is 8.62. The van der Waals surface area contributed by atoms with Crippen LogP contribution in [-0.4, -0.2) is 16.6 Å². The molecule has 0 unspecified atom stereocenters. The molecule has 0 fully saturated rings. The number of carbonyl (C=O) groups is 2. The van der Waals surface area contributed by atoms with E-state index in [1.165, 1.54) is 18.5 Å². The molecule has 104 valence electrons. The molecule has 0 saturated carbocycles. The minimum absolute atomic E-state index is 0.159. The van der Waals surface area contributed by atoms with Crippen LogP contribution in [0.15, 0.2) is 53.5 Å². The van der Waals surface area contributed by atoms with E-state index in [2.05, 4.69) is 4.98 Å². The van der Waals surface area contributed by atoms with E-state index >= 15 is 0 Å². The Morgan fingerprint density at radius 3 is 2.67 bits per heavy atom. The van der Waals surface area contributed by atoms with Gasteiger partial charge >= 0.3 is 0 Å². The molecule has 4 nitrogen and oxygen atoms in total. The van der Waals surface area contributed by atoms with E-state index in [1.807, 2.05) is 13.0 Å². The number of hydrogen-bond acceptors (Lipinski definition) is 4. The molecule has 0 amide bonds. The number of benzene rings is 1. The monoisotopic (exact) mass is 299 g/mol. The highest BCUT2D eigenvalue weighted by atomic mass is 35.5. The fraction of sp³-hybridized carbons (Fsp3) is 0.0625. The molecular formula is C16H10ClNO3. The first-order valence-electron chi connectivity index (χ1n) is 6.25. The lowest BCUT2D eigenvalue weighted by atomic mass is 9.95. The van der Waals surface area contributed by atoms with Crippen LogP contribution < -0.4 is 4.74 Å². The van der Waals surface area contributed by atoms with Gasteiger partial charge in [0.25, 0.3) is 0 Å². The maximum atomic E-state index is 12.4. The lowest BCUT2D eigenvalue weighted by Gasteiger charge is -2.17. The van der Waals surface area contributed by atoms with Crippen LogP contribution in [-0.2, 0) is 0 Å². The van der Waals surface area contributed by atoms with Crippen molar-refractivity contribution in [2.24, 2.45) is 0 Å². The van der Waals surface area contributed by atoms with Crippen molar-refractivity contribution in [2.75, 3.05) is 0 Å². The molecule has 21 heavy (non-hydrogen) atoms. The van der Waals surface area contributed by atoms with Gasteiger partial charge in [0.15, 0.2) is 5.76 Å². The second kappa shape index (κ2) is 5.14. The number of carbonyl (C=O) groups excluding carboxylic acids is 2. The summed E-state index contributed by atoms with van der Waals surface area (Å²) in [4.78, 5) is 28.5. The third-order valence-corrected chi connectivity index (χ3v) is 3.47. The number of ketones is 2. The van der Waals surface area contributed by atoms with Gasteiger partial charge in [-0.3, -0.25) is 14.6 Å². The van der Waals surface area contributed by atoms with Crippen molar-refractivity contribution in [3.8, 4) is 5.75 Å². The molecule has 5 heteroatoms. The third kappa shape index (κ3) is 2.34. The minimum atomic E-state index is -0.441. The summed E-state index contributed by atoms with van der Waals surface area (Å²) in [7, 11) is 0. The summed E-state index contributed by atoms with van der Waals surface area (Å²) < 4.78 is 5.54. The molecule has 2 aromatic rings. The van der Waals surface area contributed by atoms with Crippen molar-refractivity contribution >= 4 is 23.2 Å². The zero-order chi connectivity index (χ0) is 15.0. The molecule has 0 N–H and O–H groups in total. The van der Waals surface area contributed by atoms with E-state index in [-0.39, 0.29) is 21.9 Å². The summed E-state index contributed by atoms with van der Waals surface area (Å²) in [5, 5.41) is -0.208. The van der Waals surface area contributed by atoms with Gasteiger partial charge in [0.2, 0.25) is 11.6 Å². The molecule has 0 radical (unpaired) electrons. The smallest absolute Gasteiger partial charge is 0.232 e. The third-order valence-electron chi connectivity index (χ3n) is 3.12. The first-order chi connectivity index (χ1) is 10.1. The van der Waals surface area contributed by atoms with Gasteiger partial charge in [-0.15, -0.1) is 0 Å². The lowest BCUT2D eigenvalue weighted by molar-refractivity contribution is 0.0942. The number of Topliss-reactive ketones (excluding diaryl/α,β-unsaturated/α-hetero) is 2. The van der Waals surface area contributed by atoms with E-state index in [9.17, 15) is 9.59 Å². The molecule has 1 aliphatic rings. The minimum Gasteiger partial charge on any atom is -0.451 e. The van der Waals surface area contributed by atoms with Crippen LogP contribution in [0.4, 0.5) is 0 Å². The van der Waals surface area contributed by atoms with Crippen LogP contribution in [0.5, 0.6) is 5.75 Å². The first kappa shape index (κ1) is 13.5. The quantitative estimate of drug-likeness (QED) is 0.854. The van der Waals surface area contributed by atoms with E-state index in [1.54, 1.807) is 18.2 Å². The van der Waals surface area contributed by atoms with Gasteiger partial charge in [-0.05, 0) is 30.7 Å². The normalized spacial score (nSPS) is 14.2. The number of nitrogens with zero attached hydrogens (tertiary/aromatic N) is 1. The largest absolute Gasteiger partial charge is 0.451 e. The average Bonchev–Trinajstić information content (AvgIpc) is 2.49. The Hall–Kier alpha value is -2.46. The van der Waals surface area contributed by atoms with Crippen LogP contribution in [0.2, 0.25) is 0 Å². The van der Waals surface area contributed by atoms with E-state index in [4.69, 9.17) is 16.3 Å². The number of rotatable bonds is 2. The maximum absolute atomic E-state index is 12.4. The van der Waals surface area contributed by atoms with Crippen molar-refractivity contribution in [1.29, 1.82) is 0 Å². The number of halogens is 1. The summed E-state index contributed by atoms with van der Waals surface area (Å²) >= 11 is 6.01. The highest BCUT2D eigenvalue weighted by Gasteiger charge is 2.33. The molecule has 1 aromatic carbocycles. The van der Waals surface area contributed by atoms with Gasteiger partial charge in [0, 0.05) is 18.0 Å². The number of fused-ring (bicyclic) bond motifs is 1. The van der Waals surface area contributed by atoms with Gasteiger partial charge in [-0.1, -0.05) is 23.7 Å². The Morgan fingerprint density at radius 2 is 1.90 bits per heavy atom. The average molecular weight is 300 g/mol. The second-order valence-electron chi connectivity index (χ2n) is 4.64. The van der Waals surface area contributed by atoms with Gasteiger partial charge in [-0.25, -0.2) is 0 Å². The second-order valence-corrected chi connectivity index (χ2v) is 5.02. The highest BCUT2D eigenvalue weighted by Crippen LogP contribution is 2.30. The Bertz CT molecular complexity index is 796. The van der Waals surface area contributed by atoms with Crippen LogP contribution in [0, 0.1) is 6.92 Å². The van der Waals surface area contributed by atoms with Gasteiger partial charge in [0.05, 0.1) is 5.56 Å². The molecule has 0 bridgehead atoms. The van der Waals surface area contributed by atoms with E-state index in [0.717, 1.165) is 5.56 Å². The number of hydrogen-bond donors (Lipinski definition) is 0. The Kier molecular flexibility index (Phi) is 3.31. The van der Waals surface area contributed by atoms with Crippen molar-refractivity contribution in [2.45, 2.75) is 6.92 Å². The Balaban J connectivity index is 2.05. The van der Waals surface area contributed by atoms with Crippen LogP contribution >= 0.6 is 11.6 Å². The zero-order valence-electron chi connectivity index (χ0n) is 11.1. The van der Waals surface area contributed by atoms with Gasteiger partial charge < -0.3 is 4.74 Å². The number of aryl methyl sites for hydroxylation is 1. The Morgan fingerprint density at radius 1 is 1.10 bits per heavy atom. The van der Waals surface area contributed by atoms with Gasteiger partial charge in [-0.2, -0.15) is 0 Å². The highest BCUT2D eigenvalue weighted by molar-refractivity contribution is 6.49. The number of aromatic nitrogens is 1. The molecule has 1 aromatic heterocycles. The van der Waals surface area contributed by atoms with Crippen molar-refractivity contribution in [1.82, 2.24) is 4.98 Å². The van der Waals surface area contributed by atoms with Crippen LogP contribution in [0.3, 0.4) is 0 Å². The summed E-state index contributed by atoms with van der Waals surface area (Å²) in [6.07, 6.45) is 2.79. The first-order valence-corrected chi connectivity index (χ1v) is 6.63. The van der Waals surface area contributed by atoms with Crippen LogP contribution in [0.1, 0.15) is 26.3 Å². The number of allylic oxidation sites excluding steroid dienone is 2. The molecular weight excluding hydrogens is 290 g/mol. The number of ether oxygens (including phenoxy) is 1. The summed E-state index contributed by atoms with van der Waals surface area (Å²) in [6.45, 7) is 1.90. The summed E-state index contributed by atoms with van der Waals surface area (Å²) in [5.74, 6) is -0.579. The van der Waals surface area contributed by atoms with Crippen molar-refractivity contribution in [3.63, 3.8) is 0 Å². The van der Waals surface area contributed by atoms with E-state index < -0.39 is 11.6 Å². The van der Waals surface area contributed by atoms with Crippen LogP contribution in [0.25, 0.3) is 0 Å². The molecule has 1 heterocycles. The van der Waals surface area contributed by atoms with Gasteiger partial charge in [0.1, 0.15) is 10.8 Å². The molecule has 0 atom stereocenters. The standard InChI is InChI=1S/C16H10ClNO3/c1-9-3-2-4-10(7-9)21-16-13(17)14(19)11-5-6-18-8-12(11)15(16)20/h2-8H,1H3. The zero-order valence-corrected chi connectivity index (χ0v) is 11.8. The SMILES string of the molecule is Cc1cccc(OC2=C(Cl)C(=O)c3ccncc3C2=O)c1. The number of pyridine rings is 1. The fourth-order valence-electron chi connectivity index (χ4n) is 2.10. The predicted molar refractivity (Wildman–Crippen MR) is 77.6 cm³/mol. The molecule has 3 rings (SSSR count). The molecule has 0 spiro atoms. The molecule has 1 aliphatic carbocycles. The Labute approximate surface area is 126 Å². The fourth-order valence-corrected chi connectivity index (χ4v) is 2.33. The molecule has 0 saturated heterocycles. The van der Waals surface area contributed by atoms with E-state index in [0.29, 0.717) is 5.75 Å². The predicted octanol–water partition coefficient (Wildman–Crippen LogP) is 3.30. The lowest BCUT2D eigenvalue weighted by Crippen LogP contribution is -2.23. The summed E-state index contributed by atoms with van der Waals surface area (Å²) in [5.41, 5.74) is 1.42.